The Morgan fingerprint density at radius 1 is 1.24 bits per heavy atom. The summed E-state index contributed by atoms with van der Waals surface area (Å²) in [5.74, 6) is 0.988. The molecule has 5 N–H and O–H groups in total. The van der Waals surface area contributed by atoms with E-state index >= 15 is 0 Å². The predicted molar refractivity (Wildman–Crippen MR) is 83.2 cm³/mol. The smallest absolute Gasteiger partial charge is 0.222 e. The maximum atomic E-state index is 6.24. The number of hydrogen-bond acceptors (Lipinski definition) is 6. The number of rotatable bonds is 2. The van der Waals surface area contributed by atoms with E-state index in [0.717, 1.165) is 36.0 Å². The van der Waals surface area contributed by atoms with Gasteiger partial charge in [0.2, 0.25) is 5.95 Å². The monoisotopic (exact) mass is 303 g/mol. The van der Waals surface area contributed by atoms with Crippen LogP contribution in [0.4, 0.5) is 11.8 Å². The average Bonchev–Trinajstić information content (AvgIpc) is 2.73. The van der Waals surface area contributed by atoms with Crippen molar-refractivity contribution >= 4 is 45.4 Å². The van der Waals surface area contributed by atoms with Crippen LogP contribution in [0.15, 0.2) is 16.5 Å². The molecule has 0 atom stereocenters. The van der Waals surface area contributed by atoms with Crippen molar-refractivity contribution in [2.75, 3.05) is 24.6 Å². The Morgan fingerprint density at radius 3 is 2.76 bits per heavy atom. The van der Waals surface area contributed by atoms with Crippen LogP contribution < -0.4 is 16.8 Å². The molecule has 0 amide bonds. The molecule has 0 saturated carbocycles. The van der Waals surface area contributed by atoms with E-state index in [2.05, 4.69) is 15.3 Å². The van der Waals surface area contributed by atoms with Crippen LogP contribution in [0.1, 0.15) is 5.56 Å². The van der Waals surface area contributed by atoms with Gasteiger partial charge in [-0.05, 0) is 43.1 Å². The van der Waals surface area contributed by atoms with Crippen LogP contribution in [0.5, 0.6) is 0 Å². The van der Waals surface area contributed by atoms with Gasteiger partial charge in [0.15, 0.2) is 11.4 Å². The van der Waals surface area contributed by atoms with Gasteiger partial charge in [0, 0.05) is 10.4 Å². The van der Waals surface area contributed by atoms with Crippen LogP contribution in [-0.4, -0.2) is 23.1 Å². The third kappa shape index (κ3) is 1.99. The van der Waals surface area contributed by atoms with Crippen LogP contribution in [0, 0.1) is 5.92 Å². The first-order valence-electron chi connectivity index (χ1n) is 6.76. The lowest BCUT2D eigenvalue weighted by atomic mass is 9.93. The van der Waals surface area contributed by atoms with Gasteiger partial charge in [0.05, 0.1) is 0 Å². The minimum absolute atomic E-state index is 0.132. The normalized spacial score (nSPS) is 15.7. The Labute approximate surface area is 125 Å². The SMILES string of the molecule is Nc1nc(N)c2oc3c(CC4CNC4)cc(Cl)cc3c2n1. The van der Waals surface area contributed by atoms with Gasteiger partial charge in [0.1, 0.15) is 11.1 Å². The number of benzene rings is 1. The summed E-state index contributed by atoms with van der Waals surface area (Å²) < 4.78 is 5.91. The predicted octanol–water partition coefficient (Wildman–Crippen LogP) is 1.96. The van der Waals surface area contributed by atoms with Crippen molar-refractivity contribution in [3.05, 3.63) is 22.7 Å². The average molecular weight is 304 g/mol. The van der Waals surface area contributed by atoms with Crippen molar-refractivity contribution in [1.29, 1.82) is 0 Å². The molecule has 1 aliphatic rings. The molecule has 21 heavy (non-hydrogen) atoms. The zero-order valence-corrected chi connectivity index (χ0v) is 11.9. The highest BCUT2D eigenvalue weighted by molar-refractivity contribution is 6.32. The molecule has 6 nitrogen and oxygen atoms in total. The van der Waals surface area contributed by atoms with Gasteiger partial charge < -0.3 is 21.2 Å². The number of furan rings is 1. The van der Waals surface area contributed by atoms with Crippen molar-refractivity contribution in [2.45, 2.75) is 6.42 Å². The highest BCUT2D eigenvalue weighted by Gasteiger charge is 2.22. The van der Waals surface area contributed by atoms with Crippen LogP contribution in [-0.2, 0) is 6.42 Å². The number of hydrogen-bond donors (Lipinski definition) is 3. The van der Waals surface area contributed by atoms with Crippen LogP contribution in [0.2, 0.25) is 5.02 Å². The molecular weight excluding hydrogens is 290 g/mol. The summed E-state index contributed by atoms with van der Waals surface area (Å²) in [6, 6.07) is 3.77. The molecule has 1 aromatic carbocycles. The quantitative estimate of drug-likeness (QED) is 0.668. The molecule has 0 radical (unpaired) electrons. The summed E-state index contributed by atoms with van der Waals surface area (Å²) in [6.45, 7) is 2.03. The lowest BCUT2D eigenvalue weighted by molar-refractivity contribution is 0.346. The molecule has 2 aromatic heterocycles. The molecule has 1 saturated heterocycles. The molecule has 108 valence electrons. The van der Waals surface area contributed by atoms with E-state index in [1.807, 2.05) is 12.1 Å². The Bertz CT molecular complexity index is 856. The van der Waals surface area contributed by atoms with Crippen LogP contribution >= 0.6 is 11.6 Å². The minimum atomic E-state index is 0.132. The molecule has 0 unspecified atom stereocenters. The maximum Gasteiger partial charge on any atom is 0.222 e. The van der Waals surface area contributed by atoms with E-state index in [1.165, 1.54) is 0 Å². The van der Waals surface area contributed by atoms with Gasteiger partial charge in [0.25, 0.3) is 0 Å². The maximum absolute atomic E-state index is 6.24. The third-order valence-corrected chi connectivity index (χ3v) is 4.09. The molecule has 3 heterocycles. The fraction of sp³-hybridized carbons (Fsp3) is 0.286. The first-order chi connectivity index (χ1) is 10.1. The first-order valence-corrected chi connectivity index (χ1v) is 7.14. The van der Waals surface area contributed by atoms with Gasteiger partial charge >= 0.3 is 0 Å². The van der Waals surface area contributed by atoms with E-state index in [9.17, 15) is 0 Å². The largest absolute Gasteiger partial charge is 0.450 e. The number of anilines is 2. The van der Waals surface area contributed by atoms with E-state index < -0.39 is 0 Å². The Kier molecular flexibility index (Phi) is 2.70. The Balaban J connectivity index is 1.99. The molecule has 1 aliphatic heterocycles. The number of halogens is 1. The number of aromatic nitrogens is 2. The van der Waals surface area contributed by atoms with Gasteiger partial charge in [-0.1, -0.05) is 11.6 Å². The van der Waals surface area contributed by atoms with Crippen LogP contribution in [0.3, 0.4) is 0 Å². The van der Waals surface area contributed by atoms with Gasteiger partial charge in [-0.3, -0.25) is 0 Å². The second kappa shape index (κ2) is 4.47. The summed E-state index contributed by atoms with van der Waals surface area (Å²) in [6.07, 6.45) is 0.909. The molecule has 4 rings (SSSR count). The summed E-state index contributed by atoms with van der Waals surface area (Å²) in [4.78, 5) is 8.19. The van der Waals surface area contributed by atoms with Gasteiger partial charge in [-0.25, -0.2) is 4.98 Å². The van der Waals surface area contributed by atoms with Gasteiger partial charge in [-0.2, -0.15) is 4.98 Å². The third-order valence-electron chi connectivity index (χ3n) is 3.87. The van der Waals surface area contributed by atoms with Crippen molar-refractivity contribution < 1.29 is 4.42 Å². The number of nitrogens with zero attached hydrogens (tertiary/aromatic N) is 2. The van der Waals surface area contributed by atoms with Crippen molar-refractivity contribution in [3.8, 4) is 0 Å². The van der Waals surface area contributed by atoms with E-state index in [-0.39, 0.29) is 11.8 Å². The Morgan fingerprint density at radius 2 is 2.05 bits per heavy atom. The lowest BCUT2D eigenvalue weighted by Crippen LogP contribution is -2.43. The highest BCUT2D eigenvalue weighted by atomic mass is 35.5. The Hall–Kier alpha value is -2.05. The highest BCUT2D eigenvalue weighted by Crippen LogP contribution is 2.35. The van der Waals surface area contributed by atoms with Crippen molar-refractivity contribution in [2.24, 2.45) is 5.92 Å². The lowest BCUT2D eigenvalue weighted by Gasteiger charge is -2.27. The van der Waals surface area contributed by atoms with Gasteiger partial charge in [-0.15, -0.1) is 0 Å². The second-order valence-corrected chi connectivity index (χ2v) is 5.85. The fourth-order valence-corrected chi connectivity index (χ4v) is 3.01. The minimum Gasteiger partial charge on any atom is -0.450 e. The molecule has 3 aromatic rings. The van der Waals surface area contributed by atoms with E-state index in [4.69, 9.17) is 27.5 Å². The number of fused-ring (bicyclic) bond motifs is 3. The summed E-state index contributed by atoms with van der Waals surface area (Å²) in [5, 5.41) is 4.75. The standard InChI is InChI=1S/C14H14ClN5O/c15-8-2-7(1-6-4-18-5-6)11-9(3-8)10-12(21-11)13(16)20-14(17)19-10/h2-3,6,18H,1,4-5H2,(H4,16,17,19,20). The summed E-state index contributed by atoms with van der Waals surface area (Å²) in [7, 11) is 0. The molecule has 0 bridgehead atoms. The summed E-state index contributed by atoms with van der Waals surface area (Å²) >= 11 is 6.24. The number of nitrogens with two attached hydrogens (primary N) is 2. The van der Waals surface area contributed by atoms with E-state index in [1.54, 1.807) is 0 Å². The van der Waals surface area contributed by atoms with Crippen molar-refractivity contribution in [3.63, 3.8) is 0 Å². The first kappa shape index (κ1) is 12.7. The molecule has 1 fully saturated rings. The van der Waals surface area contributed by atoms with Crippen molar-refractivity contribution in [1.82, 2.24) is 15.3 Å². The zero-order chi connectivity index (χ0) is 14.6. The molecule has 7 heteroatoms. The van der Waals surface area contributed by atoms with Crippen LogP contribution in [0.25, 0.3) is 22.1 Å². The topological polar surface area (TPSA) is 103 Å². The fourth-order valence-electron chi connectivity index (χ4n) is 2.77. The summed E-state index contributed by atoms with van der Waals surface area (Å²) in [5.41, 5.74) is 14.5. The van der Waals surface area contributed by atoms with E-state index in [0.29, 0.717) is 22.0 Å². The molecule has 0 spiro atoms. The molecular formula is C14H14ClN5O. The number of nitrogens with one attached hydrogen (secondary N) is 1. The number of nitrogen functional groups attached to an aromatic ring is 2. The zero-order valence-electron chi connectivity index (χ0n) is 11.2. The molecule has 0 aliphatic carbocycles. The second-order valence-electron chi connectivity index (χ2n) is 5.42.